The highest BCUT2D eigenvalue weighted by Gasteiger charge is 2.52. The normalized spacial score (nSPS) is 16.5. The van der Waals surface area contributed by atoms with Crippen molar-refractivity contribution in [2.75, 3.05) is 0 Å². The van der Waals surface area contributed by atoms with Crippen molar-refractivity contribution in [2.24, 2.45) is 0 Å². The van der Waals surface area contributed by atoms with Crippen molar-refractivity contribution >= 4 is 34.1 Å². The van der Waals surface area contributed by atoms with Gasteiger partial charge >= 0.3 is 7.12 Å². The van der Waals surface area contributed by atoms with Crippen LogP contribution in [0.5, 0.6) is 0 Å². The second-order valence-electron chi connectivity index (χ2n) is 14.8. The van der Waals surface area contributed by atoms with Crippen molar-refractivity contribution in [3.8, 4) is 44.5 Å². The van der Waals surface area contributed by atoms with E-state index in [-0.39, 0.29) is 5.41 Å². The Morgan fingerprint density at radius 2 is 1.07 bits per heavy atom. The molecule has 0 atom stereocenters. The summed E-state index contributed by atoms with van der Waals surface area (Å²) in [6.07, 6.45) is 0. The largest absolute Gasteiger partial charge is 0.495 e. The molecule has 2 nitrogen and oxygen atoms in total. The van der Waals surface area contributed by atoms with Crippen molar-refractivity contribution in [3.05, 3.63) is 115 Å². The molecule has 0 radical (unpaired) electrons. The molecule has 45 heavy (non-hydrogen) atoms. The maximum atomic E-state index is 6.61. The van der Waals surface area contributed by atoms with Gasteiger partial charge in [-0.1, -0.05) is 124 Å². The maximum absolute atomic E-state index is 6.61. The van der Waals surface area contributed by atoms with E-state index in [1.165, 1.54) is 71.6 Å². The van der Waals surface area contributed by atoms with Gasteiger partial charge < -0.3 is 9.31 Å². The minimum absolute atomic E-state index is 0.0226. The monoisotopic (exact) mass is 586 g/mol. The molecule has 0 saturated carbocycles. The van der Waals surface area contributed by atoms with Gasteiger partial charge in [-0.2, -0.15) is 0 Å². The van der Waals surface area contributed by atoms with Crippen molar-refractivity contribution in [3.63, 3.8) is 0 Å². The van der Waals surface area contributed by atoms with E-state index in [0.29, 0.717) is 0 Å². The van der Waals surface area contributed by atoms with Gasteiger partial charge in [0.15, 0.2) is 0 Å². The summed E-state index contributed by atoms with van der Waals surface area (Å²) in [5.41, 5.74) is 11.9. The van der Waals surface area contributed by atoms with Crippen LogP contribution in [0.15, 0.2) is 109 Å². The summed E-state index contributed by atoms with van der Waals surface area (Å²) >= 11 is 0. The quantitative estimate of drug-likeness (QED) is 0.192. The Labute approximate surface area is 267 Å². The summed E-state index contributed by atoms with van der Waals surface area (Å²) in [5, 5.41) is 5.04. The van der Waals surface area contributed by atoms with Crippen LogP contribution < -0.4 is 5.46 Å². The molecule has 0 spiro atoms. The molecule has 1 aliphatic carbocycles. The van der Waals surface area contributed by atoms with Gasteiger partial charge in [0.1, 0.15) is 0 Å². The summed E-state index contributed by atoms with van der Waals surface area (Å²) in [6.45, 7) is 15.4. The molecule has 0 aromatic heterocycles. The first kappa shape index (κ1) is 28.3. The summed E-state index contributed by atoms with van der Waals surface area (Å²) in [4.78, 5) is 0. The molecule has 0 unspecified atom stereocenters. The van der Waals surface area contributed by atoms with E-state index >= 15 is 0 Å². The van der Waals surface area contributed by atoms with Crippen LogP contribution in [-0.2, 0) is 14.7 Å². The lowest BCUT2D eigenvalue weighted by Crippen LogP contribution is -2.41. The van der Waals surface area contributed by atoms with Gasteiger partial charge in [0, 0.05) is 0 Å². The zero-order valence-electron chi connectivity index (χ0n) is 27.3. The first-order valence-corrected chi connectivity index (χ1v) is 16.1. The molecule has 1 fully saturated rings. The van der Waals surface area contributed by atoms with E-state index in [4.69, 9.17) is 9.31 Å². The number of hydrogen-bond acceptors (Lipinski definition) is 2. The van der Waals surface area contributed by atoms with Crippen LogP contribution in [0.1, 0.15) is 54.0 Å². The fourth-order valence-corrected chi connectivity index (χ4v) is 7.32. The van der Waals surface area contributed by atoms with Crippen LogP contribution in [0.25, 0.3) is 66.1 Å². The fraction of sp³-hybridized carbons (Fsp3) is 0.238. The molecule has 8 rings (SSSR count). The van der Waals surface area contributed by atoms with E-state index < -0.39 is 18.3 Å². The summed E-state index contributed by atoms with van der Waals surface area (Å²) < 4.78 is 13.2. The molecule has 3 heteroatoms. The average molecular weight is 587 g/mol. The van der Waals surface area contributed by atoms with Crippen molar-refractivity contribution in [2.45, 2.75) is 65.1 Å². The first-order chi connectivity index (χ1) is 21.5. The second kappa shape index (κ2) is 9.66. The number of hydrogen-bond donors (Lipinski definition) is 0. The van der Waals surface area contributed by atoms with Crippen molar-refractivity contribution in [1.82, 2.24) is 0 Å². The van der Waals surface area contributed by atoms with Crippen LogP contribution in [0.2, 0.25) is 0 Å². The number of fused-ring (bicyclic) bond motifs is 4. The Morgan fingerprint density at radius 3 is 1.64 bits per heavy atom. The fourth-order valence-electron chi connectivity index (χ4n) is 7.32. The van der Waals surface area contributed by atoms with Gasteiger partial charge in [-0.3, -0.25) is 0 Å². The molecule has 1 aliphatic heterocycles. The lowest BCUT2D eigenvalue weighted by molar-refractivity contribution is 0.00578. The minimum Gasteiger partial charge on any atom is -0.399 e. The van der Waals surface area contributed by atoms with E-state index in [1.54, 1.807) is 0 Å². The third-order valence-corrected chi connectivity index (χ3v) is 10.4. The highest BCUT2D eigenvalue weighted by Crippen LogP contribution is 2.57. The van der Waals surface area contributed by atoms with Crippen LogP contribution in [-0.4, -0.2) is 18.3 Å². The zero-order valence-corrected chi connectivity index (χ0v) is 27.3. The highest BCUT2D eigenvalue weighted by atomic mass is 16.7. The molecule has 222 valence electrons. The van der Waals surface area contributed by atoms with E-state index in [1.807, 2.05) is 0 Å². The van der Waals surface area contributed by atoms with Gasteiger partial charge in [-0.05, 0) is 116 Å². The Kier molecular flexibility index (Phi) is 6.08. The van der Waals surface area contributed by atoms with E-state index in [9.17, 15) is 0 Å². The lowest BCUT2D eigenvalue weighted by Gasteiger charge is -2.32. The molecule has 0 N–H and O–H groups in total. The molecular formula is C42H39BO2. The lowest BCUT2D eigenvalue weighted by atomic mass is 9.75. The van der Waals surface area contributed by atoms with Gasteiger partial charge in [0.25, 0.3) is 0 Å². The number of rotatable bonds is 3. The minimum atomic E-state index is -0.432. The Bertz CT molecular complexity index is 2120. The molecule has 1 heterocycles. The molecule has 0 amide bonds. The van der Waals surface area contributed by atoms with Crippen molar-refractivity contribution in [1.29, 1.82) is 0 Å². The van der Waals surface area contributed by atoms with E-state index in [0.717, 1.165) is 5.46 Å². The molecule has 6 aromatic rings. The molecule has 2 aliphatic rings. The Balaban J connectivity index is 1.52. The molecule has 1 saturated heterocycles. The smallest absolute Gasteiger partial charge is 0.399 e. The van der Waals surface area contributed by atoms with Gasteiger partial charge in [0.2, 0.25) is 0 Å². The Hall–Kier alpha value is -4.18. The van der Waals surface area contributed by atoms with Crippen LogP contribution in [0.4, 0.5) is 0 Å². The van der Waals surface area contributed by atoms with E-state index in [2.05, 4.69) is 158 Å². The predicted molar refractivity (Wildman–Crippen MR) is 191 cm³/mol. The van der Waals surface area contributed by atoms with Crippen LogP contribution in [0.3, 0.4) is 0 Å². The Morgan fingerprint density at radius 1 is 0.511 bits per heavy atom. The summed E-state index contributed by atoms with van der Waals surface area (Å²) in [5.74, 6) is 0. The average Bonchev–Trinajstić information content (AvgIpc) is 3.46. The summed E-state index contributed by atoms with van der Waals surface area (Å²) in [6, 6.07) is 40.3. The van der Waals surface area contributed by atoms with Gasteiger partial charge in [-0.15, -0.1) is 0 Å². The predicted octanol–water partition coefficient (Wildman–Crippen LogP) is 10.6. The SMILES string of the molecule is CC(C)(C)c1ccc2c(-c3ccccc3)c3c(c(-c4ccccc4)c2c1)-c1ccc(B2OC(C)(C)C(C)(C)O2)c2cccc-3c12. The van der Waals surface area contributed by atoms with Crippen molar-refractivity contribution < 1.29 is 9.31 Å². The molecular weight excluding hydrogens is 547 g/mol. The first-order valence-electron chi connectivity index (χ1n) is 16.1. The van der Waals surface area contributed by atoms with Crippen LogP contribution in [0, 0.1) is 0 Å². The molecule has 6 aromatic carbocycles. The maximum Gasteiger partial charge on any atom is 0.495 e. The second-order valence-corrected chi connectivity index (χ2v) is 14.8. The standard InChI is InChI=1S/C42H39BO2/c1-40(2,3)28-21-22-29-33(25-28)36(27-17-12-9-13-18-27)39-32-23-24-34(43-44-41(4,5)42(6,7)45-43)30-19-14-20-31(37(30)32)38(39)35(29)26-15-10-8-11-16-26/h8-25H,1-7H3. The molecule has 0 bridgehead atoms. The third-order valence-electron chi connectivity index (χ3n) is 10.4. The third kappa shape index (κ3) is 4.17. The number of benzene rings is 6. The zero-order chi connectivity index (χ0) is 31.3. The van der Waals surface area contributed by atoms with Gasteiger partial charge in [0.05, 0.1) is 11.2 Å². The summed E-state index contributed by atoms with van der Waals surface area (Å²) in [7, 11) is -0.432. The van der Waals surface area contributed by atoms with Crippen LogP contribution >= 0.6 is 0 Å². The van der Waals surface area contributed by atoms with Gasteiger partial charge in [-0.25, -0.2) is 0 Å². The highest BCUT2D eigenvalue weighted by molar-refractivity contribution is 6.65. The topological polar surface area (TPSA) is 18.5 Å².